The van der Waals surface area contributed by atoms with Crippen LogP contribution < -0.4 is 10.9 Å². The molecule has 0 aliphatic carbocycles. The minimum atomic E-state index is -0.457. The van der Waals surface area contributed by atoms with Crippen molar-refractivity contribution in [1.82, 2.24) is 14.9 Å². The molecule has 0 aliphatic rings. The van der Waals surface area contributed by atoms with Gasteiger partial charge in [0.25, 0.3) is 5.56 Å². The maximum atomic E-state index is 12.9. The van der Waals surface area contributed by atoms with E-state index in [1.165, 1.54) is 23.4 Å². The summed E-state index contributed by atoms with van der Waals surface area (Å²) in [5, 5.41) is 3.34. The molecule has 0 fully saturated rings. The number of esters is 1. The molecule has 0 bridgehead atoms. The Labute approximate surface area is 162 Å². The molecule has 1 atom stereocenters. The molecule has 2 aromatic rings. The summed E-state index contributed by atoms with van der Waals surface area (Å²) in [5.41, 5.74) is -0.0361. The number of nitrogens with one attached hydrogen (secondary N) is 1. The third-order valence-electron chi connectivity index (χ3n) is 3.74. The second-order valence-electron chi connectivity index (χ2n) is 7.19. The van der Waals surface area contributed by atoms with Crippen LogP contribution in [0.5, 0.6) is 0 Å². The number of aromatic nitrogens is 2. The average molecular weight is 391 g/mol. The third kappa shape index (κ3) is 5.56. The summed E-state index contributed by atoms with van der Waals surface area (Å²) in [5.74, 6) is -0.557. The number of para-hydroxylation sites is 1. The molecule has 1 heterocycles. The van der Waals surface area contributed by atoms with Crippen LogP contribution in [-0.2, 0) is 20.9 Å². The van der Waals surface area contributed by atoms with Gasteiger partial charge in [-0.25, -0.2) is 4.98 Å². The summed E-state index contributed by atoms with van der Waals surface area (Å²) >= 11 is 1.19. The maximum Gasteiger partial charge on any atom is 0.307 e. The fourth-order valence-electron chi connectivity index (χ4n) is 2.42. The molecule has 2 rings (SSSR count). The lowest BCUT2D eigenvalue weighted by Crippen LogP contribution is -2.44. The fourth-order valence-corrected chi connectivity index (χ4v) is 3.36. The molecule has 0 saturated carbocycles. The molecular formula is C19H25N3O4S. The third-order valence-corrected chi connectivity index (χ3v) is 4.83. The summed E-state index contributed by atoms with van der Waals surface area (Å²) in [6.45, 7) is 7.62. The van der Waals surface area contributed by atoms with Gasteiger partial charge in [0.15, 0.2) is 5.16 Å². The molecule has 1 aromatic heterocycles. The zero-order valence-electron chi connectivity index (χ0n) is 16.2. The van der Waals surface area contributed by atoms with Crippen LogP contribution in [-0.4, -0.2) is 39.3 Å². The van der Waals surface area contributed by atoms with Crippen molar-refractivity contribution >= 4 is 34.5 Å². The van der Waals surface area contributed by atoms with Crippen LogP contribution in [0.1, 0.15) is 34.1 Å². The molecular weight excluding hydrogens is 366 g/mol. The number of methoxy groups -OCH3 is 1. The molecule has 0 aliphatic heterocycles. The Balaban J connectivity index is 2.39. The van der Waals surface area contributed by atoms with Crippen LogP contribution in [0.25, 0.3) is 10.9 Å². The normalized spacial score (nSPS) is 12.6. The lowest BCUT2D eigenvalue weighted by Gasteiger charge is -2.23. The molecule has 0 saturated heterocycles. The van der Waals surface area contributed by atoms with Crippen molar-refractivity contribution in [3.05, 3.63) is 34.6 Å². The Morgan fingerprint density at radius 1 is 1.30 bits per heavy atom. The zero-order chi connectivity index (χ0) is 20.2. The summed E-state index contributed by atoms with van der Waals surface area (Å²) in [6.07, 6.45) is 0.0482. The van der Waals surface area contributed by atoms with Crippen LogP contribution in [0.4, 0.5) is 0 Å². The smallest absolute Gasteiger partial charge is 0.307 e. The van der Waals surface area contributed by atoms with Crippen LogP contribution in [0, 0.1) is 0 Å². The maximum absolute atomic E-state index is 12.9. The van der Waals surface area contributed by atoms with E-state index in [0.717, 1.165) is 0 Å². The molecule has 8 heteroatoms. The topological polar surface area (TPSA) is 90.3 Å². The van der Waals surface area contributed by atoms with Crippen LogP contribution in [0.15, 0.2) is 34.2 Å². The zero-order valence-corrected chi connectivity index (χ0v) is 17.1. The highest BCUT2D eigenvalue weighted by molar-refractivity contribution is 8.00. The highest BCUT2D eigenvalue weighted by atomic mass is 32.2. The van der Waals surface area contributed by atoms with E-state index in [1.807, 2.05) is 20.8 Å². The van der Waals surface area contributed by atoms with Gasteiger partial charge < -0.3 is 10.1 Å². The number of carbonyl (C=O) groups is 2. The van der Waals surface area contributed by atoms with E-state index in [1.54, 1.807) is 31.2 Å². The highest BCUT2D eigenvalue weighted by Gasteiger charge is 2.23. The molecule has 0 unspecified atom stereocenters. The number of benzene rings is 1. The van der Waals surface area contributed by atoms with Crippen molar-refractivity contribution in [2.45, 2.75) is 56.6 Å². The Kier molecular flexibility index (Phi) is 6.64. The quantitative estimate of drug-likeness (QED) is 0.462. The second kappa shape index (κ2) is 8.56. The van der Waals surface area contributed by atoms with Gasteiger partial charge in [0.2, 0.25) is 5.91 Å². The van der Waals surface area contributed by atoms with E-state index in [4.69, 9.17) is 0 Å². The minimum absolute atomic E-state index is 0.0482. The number of rotatable bonds is 6. The Bertz CT molecular complexity index is 902. The molecule has 0 spiro atoms. The van der Waals surface area contributed by atoms with Gasteiger partial charge in [0.05, 0.1) is 29.7 Å². The minimum Gasteiger partial charge on any atom is -0.469 e. The van der Waals surface area contributed by atoms with Gasteiger partial charge >= 0.3 is 5.97 Å². The highest BCUT2D eigenvalue weighted by Crippen LogP contribution is 2.23. The van der Waals surface area contributed by atoms with Crippen molar-refractivity contribution < 1.29 is 14.3 Å². The van der Waals surface area contributed by atoms with E-state index in [0.29, 0.717) is 16.1 Å². The van der Waals surface area contributed by atoms with Gasteiger partial charge in [-0.05, 0) is 39.8 Å². The van der Waals surface area contributed by atoms with E-state index < -0.39 is 11.2 Å². The van der Waals surface area contributed by atoms with Crippen LogP contribution >= 0.6 is 11.8 Å². The van der Waals surface area contributed by atoms with E-state index in [2.05, 4.69) is 15.0 Å². The molecule has 146 valence electrons. The van der Waals surface area contributed by atoms with Crippen LogP contribution in [0.2, 0.25) is 0 Å². The van der Waals surface area contributed by atoms with Gasteiger partial charge in [-0.1, -0.05) is 23.9 Å². The Morgan fingerprint density at radius 2 is 1.96 bits per heavy atom. The van der Waals surface area contributed by atoms with E-state index in [9.17, 15) is 14.4 Å². The monoisotopic (exact) mass is 391 g/mol. The van der Waals surface area contributed by atoms with E-state index >= 15 is 0 Å². The number of carbonyl (C=O) groups excluding carboxylic acids is 2. The first-order valence-corrected chi connectivity index (χ1v) is 9.55. The number of nitrogens with zero attached hydrogens (tertiary/aromatic N) is 2. The van der Waals surface area contributed by atoms with Gasteiger partial charge in [0, 0.05) is 12.1 Å². The first-order chi connectivity index (χ1) is 12.6. The first-order valence-electron chi connectivity index (χ1n) is 8.67. The second-order valence-corrected chi connectivity index (χ2v) is 8.50. The fraction of sp³-hybridized carbons (Fsp3) is 0.474. The van der Waals surface area contributed by atoms with Crippen molar-refractivity contribution in [1.29, 1.82) is 0 Å². The summed E-state index contributed by atoms with van der Waals surface area (Å²) in [6, 6.07) is 7.02. The predicted octanol–water partition coefficient (Wildman–Crippen LogP) is 2.35. The predicted molar refractivity (Wildman–Crippen MR) is 106 cm³/mol. The number of hydrogen-bond donors (Lipinski definition) is 1. The number of hydrogen-bond acceptors (Lipinski definition) is 6. The van der Waals surface area contributed by atoms with Crippen molar-refractivity contribution in [2.24, 2.45) is 0 Å². The van der Waals surface area contributed by atoms with Crippen molar-refractivity contribution in [3.63, 3.8) is 0 Å². The summed E-state index contributed by atoms with van der Waals surface area (Å²) in [7, 11) is 1.30. The van der Waals surface area contributed by atoms with Crippen molar-refractivity contribution in [3.8, 4) is 0 Å². The molecule has 7 nitrogen and oxygen atoms in total. The SMILES string of the molecule is COC(=O)CCn1c(S[C@@H](C)C(=O)NC(C)(C)C)nc2ccccc2c1=O. The first kappa shape index (κ1) is 21.0. The lowest BCUT2D eigenvalue weighted by atomic mass is 10.1. The van der Waals surface area contributed by atoms with Gasteiger partial charge in [-0.15, -0.1) is 0 Å². The van der Waals surface area contributed by atoms with Gasteiger partial charge in [-0.2, -0.15) is 0 Å². The number of ether oxygens (including phenoxy) is 1. The number of thioether (sulfide) groups is 1. The Morgan fingerprint density at radius 3 is 2.59 bits per heavy atom. The average Bonchev–Trinajstić information content (AvgIpc) is 2.59. The standard InChI is InChI=1S/C19H25N3O4S/c1-12(16(24)21-19(2,3)4)27-18-20-14-9-7-6-8-13(14)17(25)22(18)11-10-15(23)26-5/h6-9,12H,10-11H2,1-5H3,(H,21,24)/t12-/m0/s1. The lowest BCUT2D eigenvalue weighted by molar-refractivity contribution is -0.140. The summed E-state index contributed by atoms with van der Waals surface area (Å²) < 4.78 is 6.10. The van der Waals surface area contributed by atoms with Gasteiger partial charge in [-0.3, -0.25) is 19.0 Å². The summed E-state index contributed by atoms with van der Waals surface area (Å²) in [4.78, 5) is 41.4. The largest absolute Gasteiger partial charge is 0.469 e. The molecule has 1 aromatic carbocycles. The van der Waals surface area contributed by atoms with E-state index in [-0.39, 0.29) is 30.0 Å². The number of fused-ring (bicyclic) bond motifs is 1. The molecule has 27 heavy (non-hydrogen) atoms. The molecule has 1 amide bonds. The van der Waals surface area contributed by atoms with Gasteiger partial charge in [0.1, 0.15) is 0 Å². The van der Waals surface area contributed by atoms with Crippen molar-refractivity contribution in [2.75, 3.05) is 7.11 Å². The van der Waals surface area contributed by atoms with Crippen LogP contribution in [0.3, 0.4) is 0 Å². The molecule has 1 N–H and O–H groups in total. The molecule has 0 radical (unpaired) electrons. The number of amides is 1. The Hall–Kier alpha value is -2.35.